The maximum absolute atomic E-state index is 12.5. The van der Waals surface area contributed by atoms with E-state index in [-0.39, 0.29) is 18.9 Å². The van der Waals surface area contributed by atoms with Gasteiger partial charge in [-0.15, -0.1) is 6.61 Å². The zero-order valence-electron chi connectivity index (χ0n) is 10.3. The lowest BCUT2D eigenvalue weighted by atomic mass is 10.1. The Bertz CT molecular complexity index is 413. The Labute approximate surface area is 104 Å². The van der Waals surface area contributed by atoms with Gasteiger partial charge in [-0.05, 0) is 0 Å². The van der Waals surface area contributed by atoms with Gasteiger partial charge in [0.1, 0.15) is 0 Å². The Morgan fingerprint density at radius 3 is 1.32 bits per heavy atom. The van der Waals surface area contributed by atoms with Crippen LogP contribution >= 0.6 is 0 Å². The quantitative estimate of drug-likeness (QED) is 0.451. The van der Waals surface area contributed by atoms with Crippen molar-refractivity contribution in [3.63, 3.8) is 0 Å². The highest BCUT2D eigenvalue weighted by atomic mass is 19.2. The van der Waals surface area contributed by atoms with Crippen molar-refractivity contribution < 1.29 is 37.0 Å². The maximum Gasteiger partial charge on any atom is 0.200 e. The number of aromatic carboxylic acids is 1. The number of hydrogen-bond acceptors (Lipinski definition) is 3. The van der Waals surface area contributed by atoms with E-state index in [0.717, 1.165) is 0 Å². The largest absolute Gasteiger partial charge is 0.855 e. The summed E-state index contributed by atoms with van der Waals surface area (Å²) in [4.78, 5) is 10.0. The molecule has 8 N–H and O–H groups in total. The smallest absolute Gasteiger partial charge is 0.200 e. The molecule has 112 valence electrons. The minimum absolute atomic E-state index is 0. The topological polar surface area (TPSA) is 136 Å². The Hall–Kier alpha value is -1.78. The van der Waals surface area contributed by atoms with Crippen molar-refractivity contribution in [2.75, 3.05) is 6.61 Å². The summed E-state index contributed by atoms with van der Waals surface area (Å²) in [6, 6.07) is 0. The van der Waals surface area contributed by atoms with Crippen molar-refractivity contribution in [3.8, 4) is 0 Å². The molecule has 0 fully saturated rings. The van der Waals surface area contributed by atoms with Crippen LogP contribution in [0.3, 0.4) is 0 Å². The second-order valence-corrected chi connectivity index (χ2v) is 2.52. The van der Waals surface area contributed by atoms with E-state index in [4.69, 9.17) is 5.11 Å². The molecule has 0 saturated heterocycles. The second kappa shape index (κ2) is 9.19. The van der Waals surface area contributed by atoms with Crippen molar-refractivity contribution >= 4 is 5.97 Å². The van der Waals surface area contributed by atoms with Gasteiger partial charge in [0.15, 0.2) is 23.3 Å². The molecule has 0 aliphatic heterocycles. The van der Waals surface area contributed by atoms with Crippen LogP contribution < -0.4 is 22.5 Å². The number of quaternary nitrogens is 2. The number of carboxylic acid groups (broad SMARTS) is 1. The molecule has 0 unspecified atom stereocenters. The molecule has 1 aromatic rings. The molecule has 10 heteroatoms. The molecule has 1 rings (SSSR count). The van der Waals surface area contributed by atoms with Crippen molar-refractivity contribution in [2.24, 2.45) is 0 Å². The van der Waals surface area contributed by atoms with Gasteiger partial charge in [0.05, 0.1) is 11.5 Å². The average molecular weight is 292 g/mol. The first-order valence-electron chi connectivity index (χ1n) is 4.10. The normalized spacial score (nSPS) is 8.58. The molecule has 0 aromatic heterocycles. The number of hydrogen-bond donors (Lipinski definition) is 2. The van der Waals surface area contributed by atoms with E-state index in [2.05, 4.69) is 0 Å². The highest BCUT2D eigenvalue weighted by Crippen LogP contribution is 2.22. The third-order valence-corrected chi connectivity index (χ3v) is 1.41. The van der Waals surface area contributed by atoms with Gasteiger partial charge in [0.25, 0.3) is 0 Å². The van der Waals surface area contributed by atoms with Gasteiger partial charge in [0, 0.05) is 0 Å². The number of carbonyl (C=O) groups is 1. The van der Waals surface area contributed by atoms with Crippen molar-refractivity contribution in [1.82, 2.24) is 12.3 Å². The lowest BCUT2D eigenvalue weighted by Crippen LogP contribution is -2.26. The Kier molecular flexibility index (Phi) is 10.8. The molecular formula is C9H13F5N2O3. The fraction of sp³-hybridized carbons (Fsp3) is 0.222. The van der Waals surface area contributed by atoms with Crippen LogP contribution in [0.25, 0.3) is 0 Å². The average Bonchev–Trinajstić information content (AvgIpc) is 2.24. The molecule has 0 aliphatic rings. The molecule has 0 amide bonds. The zero-order valence-corrected chi connectivity index (χ0v) is 10.3. The summed E-state index contributed by atoms with van der Waals surface area (Å²) in [7, 11) is 0. The molecule has 0 spiro atoms. The van der Waals surface area contributed by atoms with Crippen LogP contribution in [0.1, 0.15) is 17.3 Å². The van der Waals surface area contributed by atoms with Crippen LogP contribution in [-0.4, -0.2) is 12.6 Å². The van der Waals surface area contributed by atoms with Crippen LogP contribution in [-0.2, 0) is 0 Å². The molecule has 0 radical (unpaired) electrons. The van der Waals surface area contributed by atoms with Gasteiger partial charge < -0.3 is 27.3 Å². The first kappa shape index (κ1) is 22.4. The fourth-order valence-electron chi connectivity index (χ4n) is 0.784. The van der Waals surface area contributed by atoms with Crippen molar-refractivity contribution in [1.29, 1.82) is 0 Å². The zero-order chi connectivity index (χ0) is 13.7. The number of halogens is 5. The lowest BCUT2D eigenvalue weighted by molar-refractivity contribution is -0.361. The highest BCUT2D eigenvalue weighted by Gasteiger charge is 2.25. The molecule has 0 saturated carbocycles. The van der Waals surface area contributed by atoms with Crippen LogP contribution in [0, 0.1) is 29.1 Å². The molecule has 0 aliphatic carbocycles. The summed E-state index contributed by atoms with van der Waals surface area (Å²) >= 11 is 0. The summed E-state index contributed by atoms with van der Waals surface area (Å²) in [6.45, 7) is 1.57. The molecule has 0 atom stereocenters. The van der Waals surface area contributed by atoms with E-state index in [1.54, 1.807) is 6.92 Å². The van der Waals surface area contributed by atoms with Gasteiger partial charge in [-0.3, -0.25) is 0 Å². The Balaban J connectivity index is -0.000000468. The highest BCUT2D eigenvalue weighted by molar-refractivity contribution is 5.86. The van der Waals surface area contributed by atoms with Gasteiger partial charge in [-0.25, -0.2) is 22.0 Å². The Morgan fingerprint density at radius 1 is 0.895 bits per heavy atom. The van der Waals surface area contributed by atoms with Gasteiger partial charge >= 0.3 is 0 Å². The van der Waals surface area contributed by atoms with Crippen LogP contribution in [0.4, 0.5) is 22.0 Å². The summed E-state index contributed by atoms with van der Waals surface area (Å²) in [5.41, 5.74) is -1.97. The number of rotatable bonds is 1. The Morgan fingerprint density at radius 2 is 1.11 bits per heavy atom. The van der Waals surface area contributed by atoms with E-state index in [0.29, 0.717) is 0 Å². The molecule has 1 aromatic carbocycles. The predicted molar refractivity (Wildman–Crippen MR) is 53.1 cm³/mol. The van der Waals surface area contributed by atoms with E-state index in [9.17, 15) is 31.9 Å². The molecule has 0 bridgehead atoms. The minimum Gasteiger partial charge on any atom is -0.855 e. The second-order valence-electron chi connectivity index (χ2n) is 2.52. The number of carboxylic acids is 1. The SMILES string of the molecule is CC[O-].O=C([O-])c1c(F)c(F)c(F)c(F)c1F.[NH4+].[NH4+]. The third-order valence-electron chi connectivity index (χ3n) is 1.41. The number of benzene rings is 1. The molecular weight excluding hydrogens is 279 g/mol. The van der Waals surface area contributed by atoms with E-state index in [1.165, 1.54) is 0 Å². The van der Waals surface area contributed by atoms with Crippen LogP contribution in [0.15, 0.2) is 0 Å². The van der Waals surface area contributed by atoms with Gasteiger partial charge in [-0.2, -0.15) is 0 Å². The van der Waals surface area contributed by atoms with Gasteiger partial charge in [-0.1, -0.05) is 6.92 Å². The lowest BCUT2D eigenvalue weighted by Gasteiger charge is -2.07. The predicted octanol–water partition coefficient (Wildman–Crippen LogP) is 0.865. The van der Waals surface area contributed by atoms with Crippen LogP contribution in [0.2, 0.25) is 0 Å². The van der Waals surface area contributed by atoms with E-state index >= 15 is 0 Å². The van der Waals surface area contributed by atoms with Crippen molar-refractivity contribution in [2.45, 2.75) is 6.92 Å². The summed E-state index contributed by atoms with van der Waals surface area (Å²) < 4.78 is 62.0. The maximum atomic E-state index is 12.5. The summed E-state index contributed by atoms with van der Waals surface area (Å²) in [5, 5.41) is 18.9. The number of carbonyl (C=O) groups excluding carboxylic acids is 1. The first-order valence-corrected chi connectivity index (χ1v) is 4.10. The fourth-order valence-corrected chi connectivity index (χ4v) is 0.784. The first-order chi connectivity index (χ1) is 7.79. The summed E-state index contributed by atoms with van der Waals surface area (Å²) in [5.74, 6) is -14.4. The van der Waals surface area contributed by atoms with Gasteiger partial charge in [0.2, 0.25) is 5.82 Å². The van der Waals surface area contributed by atoms with Crippen LogP contribution in [0.5, 0.6) is 0 Å². The molecule has 19 heavy (non-hydrogen) atoms. The van der Waals surface area contributed by atoms with E-state index < -0.39 is 40.6 Å². The standard InChI is InChI=1S/C7HF5O2.C2H5O.2H3N/c8-2-1(7(13)14)3(9)5(11)6(12)4(2)10;1-2-3;;/h(H,13,14);2H2,1H3;2*1H3/q;-1;;/p+1. The third kappa shape index (κ3) is 4.77. The monoisotopic (exact) mass is 292 g/mol. The summed E-state index contributed by atoms with van der Waals surface area (Å²) in [6.07, 6.45) is 0. The molecule has 0 heterocycles. The van der Waals surface area contributed by atoms with E-state index in [1.807, 2.05) is 0 Å². The minimum atomic E-state index is -2.47. The molecule has 5 nitrogen and oxygen atoms in total. The van der Waals surface area contributed by atoms with Crippen molar-refractivity contribution in [3.05, 3.63) is 34.6 Å².